The van der Waals surface area contributed by atoms with Crippen LogP contribution in [0.25, 0.3) is 16.5 Å². The summed E-state index contributed by atoms with van der Waals surface area (Å²) < 4.78 is 31.0. The summed E-state index contributed by atoms with van der Waals surface area (Å²) in [6, 6.07) is 6.11. The second-order valence-corrected chi connectivity index (χ2v) is 17.8. The molecular weight excluding hydrogens is 809 g/mol. The Labute approximate surface area is 368 Å². The van der Waals surface area contributed by atoms with E-state index in [0.29, 0.717) is 73.9 Å². The molecule has 0 radical (unpaired) electrons. The molecule has 2 bridgehead atoms. The van der Waals surface area contributed by atoms with Gasteiger partial charge in [-0.1, -0.05) is 5.57 Å². The predicted molar refractivity (Wildman–Crippen MR) is 234 cm³/mol. The fourth-order valence-electron chi connectivity index (χ4n) is 10.8. The molecule has 1 aromatic heterocycles. The Morgan fingerprint density at radius 1 is 1.03 bits per heavy atom. The topological polar surface area (TPSA) is 197 Å². The van der Waals surface area contributed by atoms with E-state index in [9.17, 15) is 34.8 Å². The number of aryl methyl sites for hydroxylation is 1. The summed E-state index contributed by atoms with van der Waals surface area (Å²) in [5.41, 5.74) is 3.77. The number of carbonyl (C=O) groups excluding carboxylic acids is 3. The number of carbonyl (C=O) groups is 3. The van der Waals surface area contributed by atoms with Gasteiger partial charge in [0.1, 0.15) is 34.7 Å². The molecule has 3 aromatic rings. The first-order chi connectivity index (χ1) is 30.7. The van der Waals surface area contributed by atoms with Gasteiger partial charge < -0.3 is 54.0 Å². The van der Waals surface area contributed by atoms with Crippen LogP contribution in [0.4, 0.5) is 0 Å². The number of likely N-dealkylation sites (tertiary alicyclic amines) is 1. The molecule has 14 nitrogen and oxygen atoms in total. The van der Waals surface area contributed by atoms with Crippen LogP contribution in [0.3, 0.4) is 0 Å². The van der Waals surface area contributed by atoms with Crippen molar-refractivity contribution >= 4 is 34.5 Å². The summed E-state index contributed by atoms with van der Waals surface area (Å²) >= 11 is 0. The lowest BCUT2D eigenvalue weighted by molar-refractivity contribution is -0.141. The Kier molecular flexibility index (Phi) is 14.1. The molecule has 1 saturated heterocycles. The van der Waals surface area contributed by atoms with Crippen molar-refractivity contribution in [3.05, 3.63) is 69.1 Å². The Morgan fingerprint density at radius 3 is 2.59 bits per heavy atom. The number of hydrogen-bond acceptors (Lipinski definition) is 13. The monoisotopic (exact) mass is 870 g/mol. The van der Waals surface area contributed by atoms with E-state index in [2.05, 4.69) is 22.0 Å². The number of aldehydes is 1. The largest absolute Gasteiger partial charge is 0.492 e. The first kappa shape index (κ1) is 45.0. The standard InChI is InChI=1S/C49H62N2O12/c1-3-60-48(57)47-37(26-54)42-32-9-10-40(56)35(22-32)34-21-31-11-15-50-39(31)23-30(34)8-7-29(25-53)28-61-45-36-24-41(62-44(36)38(27-55)46(63-47)43(42)45)49(58,14-4-5-19-52)33-12-17-51(18-13-33)16-6-20-59-2/h11,15,21,23,26,29,33,35,41,50,52-53,55,58H,3-10,12-14,16-20,22,24-25,27-28H2,1-2H3. The number of unbranched alkanes of at least 4 members (excludes halogenated alkanes) is 1. The Hall–Kier alpha value is -4.57. The van der Waals surface area contributed by atoms with E-state index < -0.39 is 30.2 Å². The van der Waals surface area contributed by atoms with E-state index in [1.54, 1.807) is 14.0 Å². The van der Waals surface area contributed by atoms with Crippen molar-refractivity contribution in [1.82, 2.24) is 9.88 Å². The third kappa shape index (κ3) is 8.70. The lowest BCUT2D eigenvalue weighted by atomic mass is 9.72. The normalized spacial score (nSPS) is 22.7. The molecule has 4 aliphatic heterocycles. The summed E-state index contributed by atoms with van der Waals surface area (Å²) in [5.74, 6) is -1.49. The highest BCUT2D eigenvalue weighted by Crippen LogP contribution is 2.57. The molecule has 8 rings (SSSR count). The van der Waals surface area contributed by atoms with Gasteiger partial charge in [0.05, 0.1) is 36.5 Å². The highest BCUT2D eigenvalue weighted by Gasteiger charge is 2.51. The van der Waals surface area contributed by atoms with Crippen LogP contribution in [0, 0.1) is 11.8 Å². The summed E-state index contributed by atoms with van der Waals surface area (Å²) in [6.07, 6.45) is 7.56. The van der Waals surface area contributed by atoms with Gasteiger partial charge in [0.25, 0.3) is 0 Å². The molecule has 0 amide bonds. The van der Waals surface area contributed by atoms with Crippen LogP contribution in [-0.4, -0.2) is 120 Å². The fraction of sp³-hybridized carbons (Fsp3) is 0.571. The van der Waals surface area contributed by atoms with Gasteiger partial charge in [-0.2, -0.15) is 0 Å². The van der Waals surface area contributed by atoms with Crippen molar-refractivity contribution in [2.24, 2.45) is 11.8 Å². The van der Waals surface area contributed by atoms with Crippen molar-refractivity contribution in [2.75, 3.05) is 59.8 Å². The first-order valence-electron chi connectivity index (χ1n) is 22.8. The van der Waals surface area contributed by atoms with Gasteiger partial charge in [-0.05, 0) is 125 Å². The molecule has 2 fully saturated rings. The Bertz CT molecular complexity index is 2250. The van der Waals surface area contributed by atoms with E-state index in [-0.39, 0.29) is 91.7 Å². The second kappa shape index (κ2) is 19.7. The van der Waals surface area contributed by atoms with Gasteiger partial charge in [0.15, 0.2) is 6.29 Å². The SMILES string of the molecule is CCOC(=O)C1=C(C=O)C2=C3CCC(=O)C(C3)c3cc4cc[nH]c4cc3CCC(CO)COc3c4c(c(CO)c(c32)O1)OC(C(O)(CCCCO)C1CCN(CCCOC)CC1)C4. The number of Topliss-reactive ketones (excluding diaryl/α,β-unsaturated/α-hetero) is 1. The molecule has 14 heteroatoms. The number of piperidine rings is 1. The number of benzene rings is 2. The quantitative estimate of drug-likeness (QED) is 0.0757. The Balaban J connectivity index is 1.29. The van der Waals surface area contributed by atoms with E-state index >= 15 is 0 Å². The zero-order chi connectivity index (χ0) is 44.3. The number of nitrogens with one attached hydrogen (secondary N) is 1. The third-order valence-electron chi connectivity index (χ3n) is 14.2. The van der Waals surface area contributed by atoms with Crippen LogP contribution in [0.2, 0.25) is 0 Å². The van der Waals surface area contributed by atoms with Crippen LogP contribution < -0.4 is 14.2 Å². The van der Waals surface area contributed by atoms with Gasteiger partial charge >= 0.3 is 5.97 Å². The van der Waals surface area contributed by atoms with Crippen LogP contribution in [0.15, 0.2) is 41.3 Å². The molecule has 1 aliphatic carbocycles. The summed E-state index contributed by atoms with van der Waals surface area (Å²) in [7, 11) is 1.70. The number of ether oxygens (including phenoxy) is 5. The van der Waals surface area contributed by atoms with Crippen molar-refractivity contribution < 1.29 is 58.5 Å². The van der Waals surface area contributed by atoms with Crippen molar-refractivity contribution in [3.8, 4) is 17.2 Å². The number of hydrogen-bond donors (Lipinski definition) is 5. The molecule has 1 saturated carbocycles. The minimum absolute atomic E-state index is 0.0112. The highest BCUT2D eigenvalue weighted by atomic mass is 16.6. The number of H-pyrrole nitrogens is 1. The third-order valence-corrected chi connectivity index (χ3v) is 14.2. The summed E-state index contributed by atoms with van der Waals surface area (Å²) in [5, 5.41) is 45.9. The molecular formula is C49H62N2O12. The average molecular weight is 871 g/mol. The number of aliphatic hydroxyl groups excluding tert-OH is 3. The molecule has 5 aliphatic rings. The lowest BCUT2D eigenvalue weighted by Crippen LogP contribution is -2.54. The summed E-state index contributed by atoms with van der Waals surface area (Å²) in [6.45, 7) is 4.14. The minimum atomic E-state index is -1.33. The van der Waals surface area contributed by atoms with Crippen molar-refractivity contribution in [3.63, 3.8) is 0 Å². The predicted octanol–water partition coefficient (Wildman–Crippen LogP) is 5.24. The number of allylic oxidation sites excluding steroid dienone is 3. The van der Waals surface area contributed by atoms with Gasteiger partial charge in [-0.15, -0.1) is 0 Å². The number of rotatable bonds is 15. The molecule has 5 N–H and O–H groups in total. The van der Waals surface area contributed by atoms with E-state index in [4.69, 9.17) is 23.7 Å². The second-order valence-electron chi connectivity index (χ2n) is 17.8. The molecule has 4 unspecified atom stereocenters. The zero-order valence-electron chi connectivity index (χ0n) is 36.5. The molecule has 4 atom stereocenters. The van der Waals surface area contributed by atoms with Crippen LogP contribution in [0.5, 0.6) is 17.2 Å². The maximum Gasteiger partial charge on any atom is 0.375 e. The number of aromatic nitrogens is 1. The number of methoxy groups -OCH3 is 1. The number of nitrogens with zero attached hydrogens (tertiary/aromatic N) is 1. The number of aromatic amines is 1. The van der Waals surface area contributed by atoms with Crippen LogP contribution in [0.1, 0.15) is 105 Å². The van der Waals surface area contributed by atoms with Crippen molar-refractivity contribution in [2.45, 2.75) is 108 Å². The number of esters is 1. The maximum absolute atomic E-state index is 14.1. The van der Waals surface area contributed by atoms with Gasteiger partial charge in [0.2, 0.25) is 5.76 Å². The Morgan fingerprint density at radius 2 is 1.86 bits per heavy atom. The first-order valence-corrected chi connectivity index (χ1v) is 22.8. The van der Waals surface area contributed by atoms with Crippen molar-refractivity contribution in [1.29, 1.82) is 0 Å². The number of ketones is 1. The molecule has 340 valence electrons. The smallest absolute Gasteiger partial charge is 0.375 e. The average Bonchev–Trinajstić information content (AvgIpc) is 3.96. The molecule has 0 spiro atoms. The molecule has 63 heavy (non-hydrogen) atoms. The lowest BCUT2D eigenvalue weighted by Gasteiger charge is -2.44. The highest BCUT2D eigenvalue weighted by molar-refractivity contribution is 6.11. The van der Waals surface area contributed by atoms with E-state index in [0.717, 1.165) is 66.5 Å². The summed E-state index contributed by atoms with van der Waals surface area (Å²) in [4.78, 5) is 47.0. The molecule has 2 aromatic carbocycles. The maximum atomic E-state index is 14.1. The van der Waals surface area contributed by atoms with Crippen LogP contribution >= 0.6 is 0 Å². The fourth-order valence-corrected chi connectivity index (χ4v) is 10.8. The number of aliphatic hydroxyl groups is 4. The molecule has 5 heterocycles. The zero-order valence-corrected chi connectivity index (χ0v) is 36.5. The van der Waals surface area contributed by atoms with Gasteiger partial charge in [-0.3, -0.25) is 9.59 Å². The van der Waals surface area contributed by atoms with E-state index in [1.165, 1.54) is 0 Å². The van der Waals surface area contributed by atoms with Gasteiger partial charge in [0, 0.05) is 81.0 Å². The van der Waals surface area contributed by atoms with Gasteiger partial charge in [-0.25, -0.2) is 4.79 Å². The van der Waals surface area contributed by atoms with E-state index in [1.807, 2.05) is 12.3 Å². The van der Waals surface area contributed by atoms with Crippen LogP contribution in [-0.2, 0) is 43.3 Å². The number of fused-ring (bicyclic) bond motifs is 7. The minimum Gasteiger partial charge on any atom is -0.492 e.